The molecule has 0 aliphatic heterocycles. The Morgan fingerprint density at radius 2 is 1.45 bits per heavy atom. The minimum Gasteiger partial charge on any atom is -0.481 e. The first-order valence-electron chi connectivity index (χ1n) is 6.58. The number of carbonyl (C=O) groups is 4. The van der Waals surface area contributed by atoms with Gasteiger partial charge >= 0.3 is 23.9 Å². The van der Waals surface area contributed by atoms with Gasteiger partial charge in [0.15, 0.2) is 0 Å². The summed E-state index contributed by atoms with van der Waals surface area (Å²) in [5.74, 6) is -12.6. The second kappa shape index (κ2) is 4.65. The SMILES string of the molecule is CC12CC(C(=O)O)C(C(=O)O)CC1C(F)(C(=O)O)C2C(=O)O. The Morgan fingerprint density at radius 1 is 0.955 bits per heavy atom. The maximum Gasteiger partial charge on any atom is 0.342 e. The third kappa shape index (κ3) is 1.80. The molecular weight excluding hydrogens is 303 g/mol. The minimum absolute atomic E-state index is 0.389. The number of hydrogen-bond acceptors (Lipinski definition) is 4. The molecule has 6 unspecified atom stereocenters. The third-order valence-electron chi connectivity index (χ3n) is 5.23. The van der Waals surface area contributed by atoms with Crippen LogP contribution >= 0.6 is 0 Å². The highest BCUT2D eigenvalue weighted by Crippen LogP contribution is 2.68. The first-order chi connectivity index (χ1) is 9.97. The smallest absolute Gasteiger partial charge is 0.342 e. The van der Waals surface area contributed by atoms with Crippen LogP contribution in [0.5, 0.6) is 0 Å². The van der Waals surface area contributed by atoms with Gasteiger partial charge in [0.1, 0.15) is 5.92 Å². The van der Waals surface area contributed by atoms with Gasteiger partial charge in [0.05, 0.1) is 11.8 Å². The zero-order valence-corrected chi connectivity index (χ0v) is 11.5. The van der Waals surface area contributed by atoms with Gasteiger partial charge in [-0.2, -0.15) is 0 Å². The Bertz CT molecular complexity index is 574. The van der Waals surface area contributed by atoms with Crippen molar-refractivity contribution in [2.75, 3.05) is 0 Å². The first-order valence-corrected chi connectivity index (χ1v) is 6.58. The van der Waals surface area contributed by atoms with Crippen molar-refractivity contribution < 1.29 is 44.0 Å². The zero-order chi connectivity index (χ0) is 17.0. The molecule has 0 amide bonds. The van der Waals surface area contributed by atoms with E-state index in [4.69, 9.17) is 20.4 Å². The zero-order valence-electron chi connectivity index (χ0n) is 11.5. The molecule has 0 aromatic heterocycles. The Balaban J connectivity index is 2.48. The molecule has 2 fully saturated rings. The molecule has 2 aliphatic carbocycles. The van der Waals surface area contributed by atoms with E-state index in [-0.39, 0.29) is 6.42 Å². The van der Waals surface area contributed by atoms with Crippen molar-refractivity contribution in [3.05, 3.63) is 0 Å². The summed E-state index contributed by atoms with van der Waals surface area (Å²) in [5.41, 5.74) is -4.49. The number of alkyl halides is 1. The molecule has 8 nitrogen and oxygen atoms in total. The lowest BCUT2D eigenvalue weighted by Crippen LogP contribution is -2.74. The Hall–Kier alpha value is -2.19. The number of fused-ring (bicyclic) bond motifs is 1. The molecule has 122 valence electrons. The average molecular weight is 318 g/mol. The van der Waals surface area contributed by atoms with Gasteiger partial charge in [-0.25, -0.2) is 9.18 Å². The number of halogens is 1. The summed E-state index contributed by atoms with van der Waals surface area (Å²) in [5, 5.41) is 36.5. The lowest BCUT2D eigenvalue weighted by Gasteiger charge is -2.63. The quantitative estimate of drug-likeness (QED) is 0.578. The molecule has 0 spiro atoms. The summed E-state index contributed by atoms with van der Waals surface area (Å²) in [6.07, 6.45) is -0.907. The molecule has 2 aliphatic rings. The predicted octanol–water partition coefficient (Wildman–Crippen LogP) is 0.312. The highest BCUT2D eigenvalue weighted by molar-refractivity contribution is 5.91. The molecule has 6 atom stereocenters. The second-order valence-corrected chi connectivity index (χ2v) is 6.23. The highest BCUT2D eigenvalue weighted by Gasteiger charge is 2.78. The number of carboxylic acids is 4. The van der Waals surface area contributed by atoms with Gasteiger partial charge in [0, 0.05) is 5.92 Å². The molecule has 0 radical (unpaired) electrons. The monoisotopic (exact) mass is 318 g/mol. The van der Waals surface area contributed by atoms with E-state index in [0.29, 0.717) is 0 Å². The molecule has 9 heteroatoms. The molecule has 2 saturated carbocycles. The van der Waals surface area contributed by atoms with Crippen LogP contribution in [0.3, 0.4) is 0 Å². The van der Waals surface area contributed by atoms with Crippen molar-refractivity contribution in [2.24, 2.45) is 29.1 Å². The summed E-state index contributed by atoms with van der Waals surface area (Å²) in [6, 6.07) is 0. The van der Waals surface area contributed by atoms with Crippen molar-refractivity contribution in [1.82, 2.24) is 0 Å². The molecule has 0 aromatic carbocycles. The predicted molar refractivity (Wildman–Crippen MR) is 65.7 cm³/mol. The highest BCUT2D eigenvalue weighted by atomic mass is 19.1. The number of aliphatic carboxylic acids is 4. The summed E-state index contributed by atoms with van der Waals surface area (Å²) < 4.78 is 14.8. The Morgan fingerprint density at radius 3 is 1.82 bits per heavy atom. The number of carboxylic acid groups (broad SMARTS) is 4. The summed E-state index contributed by atoms with van der Waals surface area (Å²) in [4.78, 5) is 44.9. The van der Waals surface area contributed by atoms with E-state index < -0.39 is 65.1 Å². The molecular formula is C13H15FO8. The van der Waals surface area contributed by atoms with Crippen molar-refractivity contribution >= 4 is 23.9 Å². The van der Waals surface area contributed by atoms with Crippen LogP contribution in [0.4, 0.5) is 4.39 Å². The van der Waals surface area contributed by atoms with Gasteiger partial charge in [0.2, 0.25) is 5.67 Å². The van der Waals surface area contributed by atoms with Crippen molar-refractivity contribution in [1.29, 1.82) is 0 Å². The van der Waals surface area contributed by atoms with Gasteiger partial charge in [0.25, 0.3) is 0 Å². The van der Waals surface area contributed by atoms with E-state index in [1.54, 1.807) is 0 Å². The van der Waals surface area contributed by atoms with Gasteiger partial charge in [-0.05, 0) is 18.3 Å². The van der Waals surface area contributed by atoms with Crippen molar-refractivity contribution in [3.8, 4) is 0 Å². The van der Waals surface area contributed by atoms with Crippen LogP contribution in [0.2, 0.25) is 0 Å². The van der Waals surface area contributed by atoms with Crippen LogP contribution in [0.1, 0.15) is 19.8 Å². The molecule has 0 aromatic rings. The average Bonchev–Trinajstić information content (AvgIpc) is 2.35. The van der Waals surface area contributed by atoms with Crippen LogP contribution in [-0.2, 0) is 19.2 Å². The molecule has 4 N–H and O–H groups in total. The van der Waals surface area contributed by atoms with Crippen LogP contribution in [0, 0.1) is 29.1 Å². The van der Waals surface area contributed by atoms with Gasteiger partial charge in [-0.1, -0.05) is 6.92 Å². The second-order valence-electron chi connectivity index (χ2n) is 6.23. The molecule has 2 rings (SSSR count). The largest absolute Gasteiger partial charge is 0.481 e. The van der Waals surface area contributed by atoms with Gasteiger partial charge in [-0.15, -0.1) is 0 Å². The lowest BCUT2D eigenvalue weighted by atomic mass is 9.39. The minimum atomic E-state index is -3.09. The standard InChI is InChI=1S/C13H15FO8/c1-12-3-5(9(17)18)4(8(15)16)2-6(12)13(14,11(21)22)7(12)10(19)20/h4-7H,2-3H2,1H3,(H,15,16)(H,17,18)(H,19,20)(H,21,22). The summed E-state index contributed by atoms with van der Waals surface area (Å²) in [6.45, 7) is 1.31. The van der Waals surface area contributed by atoms with E-state index >= 15 is 0 Å². The number of hydrogen-bond donors (Lipinski definition) is 4. The fraction of sp³-hybridized carbons (Fsp3) is 0.692. The topological polar surface area (TPSA) is 149 Å². The fourth-order valence-corrected chi connectivity index (χ4v) is 4.27. The Kier molecular flexibility index (Phi) is 3.42. The van der Waals surface area contributed by atoms with Crippen LogP contribution in [-0.4, -0.2) is 50.0 Å². The molecule has 0 bridgehead atoms. The van der Waals surface area contributed by atoms with Crippen LogP contribution in [0.25, 0.3) is 0 Å². The van der Waals surface area contributed by atoms with E-state index in [9.17, 15) is 23.6 Å². The van der Waals surface area contributed by atoms with E-state index in [2.05, 4.69) is 0 Å². The molecule has 0 saturated heterocycles. The Labute approximate surface area is 123 Å². The van der Waals surface area contributed by atoms with Crippen molar-refractivity contribution in [3.63, 3.8) is 0 Å². The van der Waals surface area contributed by atoms with Crippen LogP contribution in [0.15, 0.2) is 0 Å². The maximum atomic E-state index is 14.8. The van der Waals surface area contributed by atoms with Crippen LogP contribution < -0.4 is 0 Å². The van der Waals surface area contributed by atoms with E-state index in [1.807, 2.05) is 0 Å². The van der Waals surface area contributed by atoms with Crippen molar-refractivity contribution in [2.45, 2.75) is 25.4 Å². The number of rotatable bonds is 4. The fourth-order valence-electron chi connectivity index (χ4n) is 4.27. The van der Waals surface area contributed by atoms with E-state index in [0.717, 1.165) is 0 Å². The third-order valence-corrected chi connectivity index (χ3v) is 5.23. The van der Waals surface area contributed by atoms with E-state index in [1.165, 1.54) is 6.92 Å². The summed E-state index contributed by atoms with van der Waals surface area (Å²) in [7, 11) is 0. The normalized spacial score (nSPS) is 43.5. The maximum absolute atomic E-state index is 14.8. The first kappa shape index (κ1) is 16.2. The van der Waals surface area contributed by atoms with Gasteiger partial charge < -0.3 is 20.4 Å². The summed E-state index contributed by atoms with van der Waals surface area (Å²) >= 11 is 0. The van der Waals surface area contributed by atoms with Gasteiger partial charge in [-0.3, -0.25) is 14.4 Å². The lowest BCUT2D eigenvalue weighted by molar-refractivity contribution is -0.248. The molecule has 22 heavy (non-hydrogen) atoms. The molecule has 0 heterocycles.